The smallest absolute Gasteiger partial charge is 0.339 e. The highest BCUT2D eigenvalue weighted by Gasteiger charge is 2.26. The fourth-order valence-electron chi connectivity index (χ4n) is 3.37. The molecule has 152 valence electrons. The molecule has 0 amide bonds. The van der Waals surface area contributed by atoms with Gasteiger partial charge in [-0.3, -0.25) is 4.79 Å². The fourth-order valence-corrected chi connectivity index (χ4v) is 4.62. The third kappa shape index (κ3) is 4.11. The summed E-state index contributed by atoms with van der Waals surface area (Å²) in [6, 6.07) is 9.26. The van der Waals surface area contributed by atoms with Gasteiger partial charge < -0.3 is 20.4 Å². The van der Waals surface area contributed by atoms with Crippen LogP contribution in [0.4, 0.5) is 5.00 Å². The molecule has 0 unspecified atom stereocenters. The Bertz CT molecular complexity index is 1100. The third-order valence-electron chi connectivity index (χ3n) is 4.81. The average molecular weight is 413 g/mol. The van der Waals surface area contributed by atoms with Crippen LogP contribution < -0.4 is 5.32 Å². The van der Waals surface area contributed by atoms with Gasteiger partial charge in [0.1, 0.15) is 16.3 Å². The molecule has 0 spiro atoms. The molecule has 0 radical (unpaired) electrons. The number of carboxylic acid groups (broad SMARTS) is 1. The molecule has 7 heteroatoms. The van der Waals surface area contributed by atoms with E-state index in [4.69, 9.17) is 0 Å². The van der Waals surface area contributed by atoms with Crippen molar-refractivity contribution in [3.8, 4) is 5.75 Å². The maximum absolute atomic E-state index is 12.2. The van der Waals surface area contributed by atoms with E-state index < -0.39 is 5.97 Å². The van der Waals surface area contributed by atoms with Crippen molar-refractivity contribution in [3.05, 3.63) is 58.1 Å². The molecule has 3 rings (SSSR count). The van der Waals surface area contributed by atoms with Crippen LogP contribution in [0.1, 0.15) is 44.3 Å². The van der Waals surface area contributed by atoms with Gasteiger partial charge in [0.05, 0.1) is 0 Å². The van der Waals surface area contributed by atoms with Gasteiger partial charge in [-0.05, 0) is 45.1 Å². The number of nitrogens with zero attached hydrogens (tertiary/aromatic N) is 1. The number of carbonyl (C=O) groups is 2. The highest BCUT2D eigenvalue weighted by Crippen LogP contribution is 2.43. The van der Waals surface area contributed by atoms with E-state index in [2.05, 4.69) is 5.32 Å². The average Bonchev–Trinajstić information content (AvgIpc) is 3.02. The van der Waals surface area contributed by atoms with Gasteiger partial charge in [-0.25, -0.2) is 4.79 Å². The van der Waals surface area contributed by atoms with Crippen molar-refractivity contribution < 1.29 is 19.8 Å². The molecule has 0 aliphatic heterocycles. The van der Waals surface area contributed by atoms with Crippen LogP contribution in [0.2, 0.25) is 0 Å². The lowest BCUT2D eigenvalue weighted by Crippen LogP contribution is -2.11. The molecule has 29 heavy (non-hydrogen) atoms. The number of hydrogen-bond donors (Lipinski definition) is 3. The summed E-state index contributed by atoms with van der Waals surface area (Å²) in [6.45, 7) is 4.27. The normalized spacial score (nSPS) is 11.2. The quantitative estimate of drug-likeness (QED) is 0.496. The number of aromatic hydroxyl groups is 1. The maximum atomic E-state index is 12.2. The van der Waals surface area contributed by atoms with Crippen molar-refractivity contribution in [2.45, 2.75) is 26.9 Å². The largest absolute Gasteiger partial charge is 0.508 e. The number of phenols is 1. The zero-order chi connectivity index (χ0) is 21.3. The van der Waals surface area contributed by atoms with E-state index in [9.17, 15) is 19.8 Å². The number of ketones is 1. The summed E-state index contributed by atoms with van der Waals surface area (Å²) in [6.07, 6.45) is 0. The molecule has 0 aliphatic carbocycles. The lowest BCUT2D eigenvalue weighted by Gasteiger charge is -2.14. The van der Waals surface area contributed by atoms with E-state index in [-0.39, 0.29) is 22.7 Å². The van der Waals surface area contributed by atoms with Gasteiger partial charge in [0.2, 0.25) is 0 Å². The second-order valence-corrected chi connectivity index (χ2v) is 8.33. The van der Waals surface area contributed by atoms with Gasteiger partial charge in [0, 0.05) is 34.3 Å². The van der Waals surface area contributed by atoms with Crippen molar-refractivity contribution >= 4 is 38.2 Å². The molecular formula is C22H24N2O4S. The number of nitrogens with one attached hydrogen (secondary N) is 1. The Kier molecular flexibility index (Phi) is 5.91. The molecule has 0 aliphatic rings. The van der Waals surface area contributed by atoms with Crippen LogP contribution >= 0.6 is 11.3 Å². The lowest BCUT2D eigenvalue weighted by atomic mass is 9.99. The zero-order valence-electron chi connectivity index (χ0n) is 16.9. The zero-order valence-corrected chi connectivity index (χ0v) is 17.7. The first-order chi connectivity index (χ1) is 13.7. The summed E-state index contributed by atoms with van der Waals surface area (Å²) < 4.78 is 0.619. The monoisotopic (exact) mass is 412 g/mol. The van der Waals surface area contributed by atoms with E-state index in [1.54, 1.807) is 0 Å². The van der Waals surface area contributed by atoms with Gasteiger partial charge in [0.15, 0.2) is 5.78 Å². The molecular weight excluding hydrogens is 388 g/mol. The van der Waals surface area contributed by atoms with Crippen LogP contribution in [0.15, 0.2) is 30.3 Å². The summed E-state index contributed by atoms with van der Waals surface area (Å²) >= 11 is 1.26. The topological polar surface area (TPSA) is 89.9 Å². The summed E-state index contributed by atoms with van der Waals surface area (Å²) in [5, 5.41) is 24.6. The minimum Gasteiger partial charge on any atom is -0.508 e. The predicted octanol–water partition coefficient (Wildman–Crippen LogP) is 4.49. The van der Waals surface area contributed by atoms with Crippen molar-refractivity contribution in [3.63, 3.8) is 0 Å². The number of rotatable bonds is 7. The first-order valence-electron chi connectivity index (χ1n) is 9.19. The van der Waals surface area contributed by atoms with Crippen LogP contribution in [-0.4, -0.2) is 41.0 Å². The van der Waals surface area contributed by atoms with Gasteiger partial charge in [-0.2, -0.15) is 0 Å². The van der Waals surface area contributed by atoms with Crippen molar-refractivity contribution in [2.24, 2.45) is 0 Å². The number of benzene rings is 2. The van der Waals surface area contributed by atoms with Crippen LogP contribution in [0, 0.1) is 6.92 Å². The number of Topliss-reactive ketones (excluding diaryl/α,β-unsaturated/α-hetero) is 1. The molecule has 0 saturated heterocycles. The number of aryl methyl sites for hydroxylation is 1. The summed E-state index contributed by atoms with van der Waals surface area (Å²) in [5.41, 5.74) is 3.07. The Morgan fingerprint density at radius 2 is 1.90 bits per heavy atom. The van der Waals surface area contributed by atoms with Crippen molar-refractivity contribution in [1.82, 2.24) is 4.90 Å². The first-order valence-corrected chi connectivity index (χ1v) is 10.0. The predicted molar refractivity (Wildman–Crippen MR) is 116 cm³/mol. The van der Waals surface area contributed by atoms with Gasteiger partial charge in [-0.1, -0.05) is 24.3 Å². The Morgan fingerprint density at radius 3 is 2.48 bits per heavy atom. The summed E-state index contributed by atoms with van der Waals surface area (Å²) in [7, 11) is 3.74. The SMILES string of the molecule is CC(=O)c1cc(O)c(CN(C)C)c2sc(NCc3ccccc3C)c(C(=O)O)c12. The molecule has 0 atom stereocenters. The molecule has 3 aromatic rings. The Labute approximate surface area is 173 Å². The first kappa shape index (κ1) is 20.8. The number of carboxylic acids is 1. The minimum absolute atomic E-state index is 0.0000394. The van der Waals surface area contributed by atoms with Crippen molar-refractivity contribution in [2.75, 3.05) is 19.4 Å². The van der Waals surface area contributed by atoms with Gasteiger partial charge in [-0.15, -0.1) is 11.3 Å². The number of phenolic OH excluding ortho intramolecular Hbond substituents is 1. The Hall–Kier alpha value is -2.90. The Balaban J connectivity index is 2.21. The number of aromatic carboxylic acids is 1. The highest BCUT2D eigenvalue weighted by molar-refractivity contribution is 7.23. The molecule has 3 N–H and O–H groups in total. The fraction of sp³-hybridized carbons (Fsp3) is 0.273. The van der Waals surface area contributed by atoms with Crippen molar-refractivity contribution in [1.29, 1.82) is 0 Å². The lowest BCUT2D eigenvalue weighted by molar-refractivity contribution is 0.0700. The molecule has 2 aromatic carbocycles. The molecule has 6 nitrogen and oxygen atoms in total. The number of anilines is 1. The van der Waals surface area contributed by atoms with Crippen LogP contribution in [0.5, 0.6) is 5.75 Å². The number of carbonyl (C=O) groups excluding carboxylic acids is 1. The van der Waals surface area contributed by atoms with Gasteiger partial charge >= 0.3 is 5.97 Å². The molecule has 0 fully saturated rings. The minimum atomic E-state index is -1.10. The molecule has 0 bridgehead atoms. The number of fused-ring (bicyclic) bond motifs is 1. The second kappa shape index (κ2) is 8.23. The third-order valence-corrected chi connectivity index (χ3v) is 6.02. The van der Waals surface area contributed by atoms with E-state index in [1.165, 1.54) is 24.3 Å². The van der Waals surface area contributed by atoms with E-state index >= 15 is 0 Å². The van der Waals surface area contributed by atoms with Crippen LogP contribution in [0.25, 0.3) is 10.1 Å². The molecule has 0 saturated carbocycles. The molecule has 1 aromatic heterocycles. The number of hydrogen-bond acceptors (Lipinski definition) is 6. The van der Waals surface area contributed by atoms with Crippen LogP contribution in [0.3, 0.4) is 0 Å². The highest BCUT2D eigenvalue weighted by atomic mass is 32.1. The number of thiophene rings is 1. The summed E-state index contributed by atoms with van der Waals surface area (Å²) in [5.74, 6) is -1.39. The van der Waals surface area contributed by atoms with Crippen LogP contribution in [-0.2, 0) is 13.1 Å². The molecule has 1 heterocycles. The van der Waals surface area contributed by atoms with E-state index in [1.807, 2.05) is 50.2 Å². The standard InChI is InChI=1S/C22H24N2O4S/c1-12-7-5-6-8-14(12)10-23-21-19(22(27)28)18-15(13(2)25)9-17(26)16(11-24(3)4)20(18)29-21/h5-9,23,26H,10-11H2,1-4H3,(H,27,28). The maximum Gasteiger partial charge on any atom is 0.339 e. The van der Waals surface area contributed by atoms with E-state index in [0.717, 1.165) is 11.1 Å². The van der Waals surface area contributed by atoms with Gasteiger partial charge in [0.25, 0.3) is 0 Å². The van der Waals surface area contributed by atoms with E-state index in [0.29, 0.717) is 33.7 Å². The Morgan fingerprint density at radius 1 is 1.21 bits per heavy atom. The second-order valence-electron chi connectivity index (χ2n) is 7.31. The summed E-state index contributed by atoms with van der Waals surface area (Å²) in [4.78, 5) is 26.3.